The van der Waals surface area contributed by atoms with E-state index in [0.29, 0.717) is 0 Å². The number of hydrogen-bond acceptors (Lipinski definition) is 1. The molecule has 0 saturated heterocycles. The van der Waals surface area contributed by atoms with E-state index in [9.17, 15) is 4.21 Å². The monoisotopic (exact) mass is 157 g/mol. The van der Waals surface area contributed by atoms with Gasteiger partial charge in [-0.2, -0.15) is 0 Å². The van der Waals surface area contributed by atoms with Crippen LogP contribution in [0, 0.1) is 0 Å². The molecule has 42 valence electrons. The van der Waals surface area contributed by atoms with Gasteiger partial charge < -0.3 is 5.14 Å². The Balaban J connectivity index is 0.000000490. The molecule has 0 aliphatic heterocycles. The molecule has 0 aromatic rings. The van der Waals surface area contributed by atoms with Crippen molar-refractivity contribution >= 4 is 15.6 Å². The summed E-state index contributed by atoms with van der Waals surface area (Å²) in [6.45, 7) is 0. The van der Waals surface area contributed by atoms with Crippen LogP contribution in [0.1, 0.15) is 12.8 Å². The molecule has 1 aliphatic carbocycles. The van der Waals surface area contributed by atoms with Crippen molar-refractivity contribution in [3.05, 3.63) is 5.14 Å². The predicted molar refractivity (Wildman–Crippen MR) is 32.6 cm³/mol. The third-order valence-electron chi connectivity index (χ3n) is 1.06. The van der Waals surface area contributed by atoms with Crippen LogP contribution >= 0.6 is 0 Å². The normalized spacial score (nSPS) is 25.6. The standard InChI is InChI=1S/C4H8NOS.K/c1-7(5,6)4-2-3-4;/h4H,1-3H2,(H-,5,6);/q-1;+1. The molecule has 0 spiro atoms. The smallest absolute Gasteiger partial charge is 0.597 e. The van der Waals surface area contributed by atoms with Crippen LogP contribution in [0.5, 0.6) is 0 Å². The third-order valence-corrected chi connectivity index (χ3v) is 2.61. The van der Waals surface area contributed by atoms with Gasteiger partial charge >= 0.3 is 51.4 Å². The molecule has 0 bridgehead atoms. The van der Waals surface area contributed by atoms with Crippen LogP contribution in [0.3, 0.4) is 0 Å². The fraction of sp³-hybridized carbons (Fsp3) is 0.750. The molecule has 1 fully saturated rings. The van der Waals surface area contributed by atoms with Gasteiger partial charge in [0.15, 0.2) is 0 Å². The van der Waals surface area contributed by atoms with Gasteiger partial charge in [0.2, 0.25) is 0 Å². The van der Waals surface area contributed by atoms with Gasteiger partial charge in [-0.05, 0) is 12.8 Å². The van der Waals surface area contributed by atoms with Crippen LogP contribution in [0.2, 0.25) is 0 Å². The van der Waals surface area contributed by atoms with E-state index in [1.165, 1.54) is 0 Å². The van der Waals surface area contributed by atoms with Crippen molar-refractivity contribution in [2.45, 2.75) is 18.1 Å². The van der Waals surface area contributed by atoms with E-state index >= 15 is 0 Å². The molecular weight excluding hydrogens is 149 g/mol. The summed E-state index contributed by atoms with van der Waals surface area (Å²) in [6.07, 6.45) is 1.90. The second-order valence-electron chi connectivity index (χ2n) is 1.93. The first-order chi connectivity index (χ1) is 3.11. The molecule has 1 aliphatic rings. The van der Waals surface area contributed by atoms with Gasteiger partial charge in [0, 0.05) is 5.25 Å². The first-order valence-electron chi connectivity index (χ1n) is 2.21. The summed E-state index contributed by atoms with van der Waals surface area (Å²) in [7, 11) is -2.38. The van der Waals surface area contributed by atoms with Crippen molar-refractivity contribution in [1.29, 1.82) is 0 Å². The van der Waals surface area contributed by atoms with E-state index in [1.54, 1.807) is 0 Å². The van der Waals surface area contributed by atoms with Crippen LogP contribution < -0.4 is 51.4 Å². The quantitative estimate of drug-likeness (QED) is 0.316. The Morgan fingerprint density at radius 2 is 2.00 bits per heavy atom. The van der Waals surface area contributed by atoms with Gasteiger partial charge in [0.05, 0.1) is 0 Å². The minimum Gasteiger partial charge on any atom is -0.597 e. The molecule has 0 heterocycles. The number of hydrogen-bond donors (Lipinski definition) is 0. The molecule has 8 heavy (non-hydrogen) atoms. The average Bonchev–Trinajstić information content (AvgIpc) is 1.99. The SMILES string of the molecule is C=S([NH-])(=O)C1CC1.[K+]. The van der Waals surface area contributed by atoms with E-state index in [0.717, 1.165) is 12.8 Å². The van der Waals surface area contributed by atoms with E-state index in [-0.39, 0.29) is 56.6 Å². The van der Waals surface area contributed by atoms with Crippen LogP contribution in [0.25, 0.3) is 5.14 Å². The first kappa shape index (κ1) is 9.62. The Kier molecular flexibility index (Phi) is 3.77. The third kappa shape index (κ3) is 2.96. The summed E-state index contributed by atoms with van der Waals surface area (Å²) < 4.78 is 10.5. The maximum absolute atomic E-state index is 10.5. The van der Waals surface area contributed by atoms with Crippen molar-refractivity contribution in [2.24, 2.45) is 0 Å². The van der Waals surface area contributed by atoms with E-state index in [1.807, 2.05) is 0 Å². The molecule has 1 rings (SSSR count). The molecule has 0 radical (unpaired) electrons. The van der Waals surface area contributed by atoms with Crippen molar-refractivity contribution < 1.29 is 55.6 Å². The van der Waals surface area contributed by atoms with Crippen LogP contribution in [0.15, 0.2) is 0 Å². The van der Waals surface area contributed by atoms with E-state index < -0.39 is 9.71 Å². The first-order valence-corrected chi connectivity index (χ1v) is 4.00. The average molecular weight is 157 g/mol. The van der Waals surface area contributed by atoms with E-state index in [4.69, 9.17) is 5.14 Å². The molecule has 0 aromatic carbocycles. The molecule has 0 aromatic heterocycles. The van der Waals surface area contributed by atoms with Gasteiger partial charge in [-0.1, -0.05) is 5.87 Å². The Hall–Kier alpha value is 1.62. The van der Waals surface area contributed by atoms with Gasteiger partial charge in [0.1, 0.15) is 0 Å². The van der Waals surface area contributed by atoms with Crippen LogP contribution in [-0.4, -0.2) is 15.3 Å². The Morgan fingerprint density at radius 1 is 1.62 bits per heavy atom. The fourth-order valence-electron chi connectivity index (χ4n) is 0.449. The Morgan fingerprint density at radius 3 is 2.00 bits per heavy atom. The summed E-state index contributed by atoms with van der Waals surface area (Å²) in [6, 6.07) is 0. The largest absolute Gasteiger partial charge is 1.00 e. The molecule has 1 unspecified atom stereocenters. The zero-order chi connectivity index (χ0) is 5.49. The molecule has 1 saturated carbocycles. The maximum Gasteiger partial charge on any atom is 1.00 e. The zero-order valence-corrected chi connectivity index (χ0v) is 8.95. The Bertz CT molecular complexity index is 159. The number of nitrogens with one attached hydrogen (secondary N) is 1. The second-order valence-corrected chi connectivity index (χ2v) is 4.04. The molecular formula is C4H8KNOS. The Labute approximate surface area is 92.8 Å². The van der Waals surface area contributed by atoms with Gasteiger partial charge in [-0.3, -0.25) is 4.21 Å². The molecule has 0 amide bonds. The second kappa shape index (κ2) is 3.14. The number of rotatable bonds is 1. The van der Waals surface area contributed by atoms with Crippen molar-refractivity contribution in [1.82, 2.24) is 0 Å². The molecule has 4 heteroatoms. The zero-order valence-electron chi connectivity index (χ0n) is 5.02. The van der Waals surface area contributed by atoms with Crippen molar-refractivity contribution in [3.63, 3.8) is 0 Å². The summed E-state index contributed by atoms with van der Waals surface area (Å²) >= 11 is 0. The molecule has 1 N–H and O–H groups in total. The summed E-state index contributed by atoms with van der Waals surface area (Å²) in [5.74, 6) is 3.23. The minimum absolute atomic E-state index is 0. The minimum atomic E-state index is -2.38. The fourth-order valence-corrected chi connectivity index (χ4v) is 1.35. The van der Waals surface area contributed by atoms with E-state index in [2.05, 4.69) is 5.87 Å². The maximum atomic E-state index is 10.5. The van der Waals surface area contributed by atoms with Gasteiger partial charge in [0.25, 0.3) is 0 Å². The van der Waals surface area contributed by atoms with Crippen molar-refractivity contribution in [2.75, 3.05) is 0 Å². The summed E-state index contributed by atoms with van der Waals surface area (Å²) in [4.78, 5) is 0. The van der Waals surface area contributed by atoms with Crippen molar-refractivity contribution in [3.8, 4) is 0 Å². The predicted octanol–water partition coefficient (Wildman–Crippen LogP) is -2.16. The summed E-state index contributed by atoms with van der Waals surface area (Å²) in [5, 5.41) is 7.00. The summed E-state index contributed by atoms with van der Waals surface area (Å²) in [5.41, 5.74) is 0. The molecule has 1 atom stereocenters. The van der Waals surface area contributed by atoms with Crippen LogP contribution in [0.4, 0.5) is 0 Å². The van der Waals surface area contributed by atoms with Gasteiger partial charge in [-0.15, -0.1) is 9.71 Å². The van der Waals surface area contributed by atoms with Crippen LogP contribution in [-0.2, 0) is 9.71 Å². The topological polar surface area (TPSA) is 40.9 Å². The molecule has 2 nitrogen and oxygen atoms in total. The van der Waals surface area contributed by atoms with Gasteiger partial charge in [-0.25, -0.2) is 0 Å².